The van der Waals surface area contributed by atoms with Crippen LogP contribution in [0.1, 0.15) is 6.92 Å². The number of β-amino-alcohol motifs (C(OH)–C–C–N with tert-alkyl or cyclic N) is 1. The van der Waals surface area contributed by atoms with Gasteiger partial charge in [-0.1, -0.05) is 0 Å². The predicted octanol–water partition coefficient (Wildman–Crippen LogP) is -1.12. The number of piperazine rings is 1. The number of rotatable bonds is 6. The van der Waals surface area contributed by atoms with Gasteiger partial charge in [0.05, 0.1) is 5.60 Å². The molecule has 1 aliphatic rings. The van der Waals surface area contributed by atoms with Crippen molar-refractivity contribution >= 4 is 0 Å². The first-order valence-electron chi connectivity index (χ1n) is 6.45. The first-order valence-corrected chi connectivity index (χ1v) is 6.45. The first-order chi connectivity index (χ1) is 7.93. The van der Waals surface area contributed by atoms with E-state index in [4.69, 9.17) is 5.73 Å². The zero-order valence-electron chi connectivity index (χ0n) is 11.5. The maximum Gasteiger partial charge on any atom is 0.0867 e. The van der Waals surface area contributed by atoms with Crippen molar-refractivity contribution in [3.8, 4) is 0 Å². The summed E-state index contributed by atoms with van der Waals surface area (Å²) in [4.78, 5) is 7.00. The first kappa shape index (κ1) is 14.9. The van der Waals surface area contributed by atoms with E-state index in [1.54, 1.807) is 0 Å². The molecule has 102 valence electrons. The van der Waals surface area contributed by atoms with Gasteiger partial charge in [0.15, 0.2) is 0 Å². The average molecular weight is 244 g/mol. The fraction of sp³-hybridized carbons (Fsp3) is 1.00. The average Bonchev–Trinajstić information content (AvgIpc) is 2.28. The molecule has 1 atom stereocenters. The van der Waals surface area contributed by atoms with Gasteiger partial charge in [0.25, 0.3) is 0 Å². The third-order valence-electron chi connectivity index (χ3n) is 3.33. The molecular formula is C12H28N4O. The molecule has 5 heteroatoms. The monoisotopic (exact) mass is 244 g/mol. The quantitative estimate of drug-likeness (QED) is 0.620. The van der Waals surface area contributed by atoms with Crippen LogP contribution in [0.4, 0.5) is 0 Å². The Bertz CT molecular complexity index is 213. The van der Waals surface area contributed by atoms with Crippen LogP contribution in [-0.2, 0) is 0 Å². The van der Waals surface area contributed by atoms with E-state index in [2.05, 4.69) is 28.8 Å². The van der Waals surface area contributed by atoms with E-state index < -0.39 is 5.60 Å². The van der Waals surface area contributed by atoms with E-state index in [1.807, 2.05) is 6.92 Å². The standard InChI is InChI=1S/C12H28N4O/c1-12(17,10-13)11-16-8-6-15(7-9-16)5-4-14(2)3/h17H,4-11,13H2,1-3H3. The second-order valence-electron chi connectivity index (χ2n) is 5.62. The molecule has 1 fully saturated rings. The highest BCUT2D eigenvalue weighted by Crippen LogP contribution is 2.08. The Labute approximate surface area is 105 Å². The van der Waals surface area contributed by atoms with Gasteiger partial charge in [0.1, 0.15) is 0 Å². The van der Waals surface area contributed by atoms with Gasteiger partial charge in [-0.05, 0) is 21.0 Å². The molecule has 1 saturated heterocycles. The summed E-state index contributed by atoms with van der Waals surface area (Å²) < 4.78 is 0. The molecule has 0 radical (unpaired) electrons. The van der Waals surface area contributed by atoms with Crippen molar-refractivity contribution in [2.24, 2.45) is 5.73 Å². The molecule has 1 unspecified atom stereocenters. The minimum absolute atomic E-state index is 0.327. The Hall–Kier alpha value is -0.200. The summed E-state index contributed by atoms with van der Waals surface area (Å²) in [6.45, 7) is 9.31. The second kappa shape index (κ2) is 6.66. The van der Waals surface area contributed by atoms with Crippen molar-refractivity contribution < 1.29 is 5.11 Å². The molecule has 0 aromatic carbocycles. The zero-order valence-corrected chi connectivity index (χ0v) is 11.5. The number of nitrogens with zero attached hydrogens (tertiary/aromatic N) is 3. The molecule has 1 aliphatic heterocycles. The lowest BCUT2D eigenvalue weighted by molar-refractivity contribution is 0.0101. The van der Waals surface area contributed by atoms with Crippen LogP contribution in [0.5, 0.6) is 0 Å². The van der Waals surface area contributed by atoms with Gasteiger partial charge < -0.3 is 15.7 Å². The van der Waals surface area contributed by atoms with Crippen LogP contribution in [0.3, 0.4) is 0 Å². The third kappa shape index (κ3) is 5.79. The molecule has 0 spiro atoms. The van der Waals surface area contributed by atoms with Crippen molar-refractivity contribution in [2.75, 3.05) is 66.5 Å². The van der Waals surface area contributed by atoms with Crippen LogP contribution in [0.15, 0.2) is 0 Å². The van der Waals surface area contributed by atoms with E-state index >= 15 is 0 Å². The zero-order chi connectivity index (χ0) is 12.9. The lowest BCUT2D eigenvalue weighted by Crippen LogP contribution is -2.53. The van der Waals surface area contributed by atoms with Crippen molar-refractivity contribution in [3.63, 3.8) is 0 Å². The lowest BCUT2D eigenvalue weighted by Gasteiger charge is -2.38. The number of hydrogen-bond donors (Lipinski definition) is 2. The van der Waals surface area contributed by atoms with Gasteiger partial charge in [0.2, 0.25) is 0 Å². The van der Waals surface area contributed by atoms with Crippen LogP contribution in [-0.4, -0.2) is 91.9 Å². The Morgan fingerprint density at radius 2 is 1.71 bits per heavy atom. The molecule has 0 aromatic rings. The Morgan fingerprint density at radius 3 is 2.18 bits per heavy atom. The van der Waals surface area contributed by atoms with Crippen molar-refractivity contribution in [1.82, 2.24) is 14.7 Å². The van der Waals surface area contributed by atoms with Crippen LogP contribution in [0.2, 0.25) is 0 Å². The fourth-order valence-corrected chi connectivity index (χ4v) is 2.06. The van der Waals surface area contributed by atoms with E-state index in [0.29, 0.717) is 13.1 Å². The summed E-state index contributed by atoms with van der Waals surface area (Å²) in [7, 11) is 4.21. The Morgan fingerprint density at radius 1 is 1.18 bits per heavy atom. The maximum absolute atomic E-state index is 9.93. The fourth-order valence-electron chi connectivity index (χ4n) is 2.06. The van der Waals surface area contributed by atoms with Gasteiger partial charge in [-0.25, -0.2) is 0 Å². The summed E-state index contributed by atoms with van der Waals surface area (Å²) in [5, 5.41) is 9.93. The SMILES string of the molecule is CN(C)CCN1CCN(CC(C)(O)CN)CC1. The third-order valence-corrected chi connectivity index (χ3v) is 3.33. The molecule has 3 N–H and O–H groups in total. The van der Waals surface area contributed by atoms with Gasteiger partial charge in [-0.15, -0.1) is 0 Å². The Kier molecular flexibility index (Phi) is 5.82. The van der Waals surface area contributed by atoms with Gasteiger partial charge in [-0.2, -0.15) is 0 Å². The van der Waals surface area contributed by atoms with Crippen molar-refractivity contribution in [2.45, 2.75) is 12.5 Å². The number of hydrogen-bond acceptors (Lipinski definition) is 5. The van der Waals surface area contributed by atoms with Gasteiger partial charge >= 0.3 is 0 Å². The van der Waals surface area contributed by atoms with Crippen molar-refractivity contribution in [1.29, 1.82) is 0 Å². The predicted molar refractivity (Wildman–Crippen MR) is 71.1 cm³/mol. The highest BCUT2D eigenvalue weighted by Gasteiger charge is 2.25. The van der Waals surface area contributed by atoms with E-state index in [1.165, 1.54) is 0 Å². The maximum atomic E-state index is 9.93. The molecule has 0 aromatic heterocycles. The topological polar surface area (TPSA) is 56.0 Å². The van der Waals surface area contributed by atoms with Crippen molar-refractivity contribution in [3.05, 3.63) is 0 Å². The second-order valence-corrected chi connectivity index (χ2v) is 5.62. The molecule has 0 bridgehead atoms. The van der Waals surface area contributed by atoms with E-state index in [-0.39, 0.29) is 0 Å². The molecule has 1 rings (SSSR count). The van der Waals surface area contributed by atoms with Gasteiger partial charge in [-0.3, -0.25) is 9.80 Å². The summed E-state index contributed by atoms with van der Waals surface area (Å²) in [6, 6.07) is 0. The molecule has 1 heterocycles. The molecule has 17 heavy (non-hydrogen) atoms. The molecule has 0 aliphatic carbocycles. The summed E-state index contributed by atoms with van der Waals surface area (Å²) in [5.74, 6) is 0. The molecule has 0 saturated carbocycles. The van der Waals surface area contributed by atoms with Crippen LogP contribution in [0, 0.1) is 0 Å². The minimum atomic E-state index is -0.744. The van der Waals surface area contributed by atoms with Gasteiger partial charge in [0, 0.05) is 52.4 Å². The number of aliphatic hydroxyl groups is 1. The largest absolute Gasteiger partial charge is 0.388 e. The van der Waals surface area contributed by atoms with E-state index in [0.717, 1.165) is 39.3 Å². The highest BCUT2D eigenvalue weighted by atomic mass is 16.3. The number of likely N-dealkylation sites (N-methyl/N-ethyl adjacent to an activating group) is 1. The number of nitrogens with two attached hydrogens (primary N) is 1. The van der Waals surface area contributed by atoms with Crippen LogP contribution >= 0.6 is 0 Å². The lowest BCUT2D eigenvalue weighted by atomic mass is 10.1. The minimum Gasteiger partial charge on any atom is -0.388 e. The summed E-state index contributed by atoms with van der Waals surface area (Å²) in [6.07, 6.45) is 0. The van der Waals surface area contributed by atoms with E-state index in [9.17, 15) is 5.11 Å². The molecule has 0 amide bonds. The summed E-state index contributed by atoms with van der Waals surface area (Å²) in [5.41, 5.74) is 4.79. The summed E-state index contributed by atoms with van der Waals surface area (Å²) >= 11 is 0. The Balaban J connectivity index is 2.21. The molecular weight excluding hydrogens is 216 g/mol. The molecule has 5 nitrogen and oxygen atoms in total. The van der Waals surface area contributed by atoms with Crippen LogP contribution < -0.4 is 5.73 Å². The highest BCUT2D eigenvalue weighted by molar-refractivity contribution is 4.81. The van der Waals surface area contributed by atoms with Crippen LogP contribution in [0.25, 0.3) is 0 Å². The normalized spacial score (nSPS) is 22.9. The smallest absolute Gasteiger partial charge is 0.0867 e.